The molecule has 0 radical (unpaired) electrons. The van der Waals surface area contributed by atoms with Crippen LogP contribution in [0.5, 0.6) is 5.75 Å². The molecule has 0 amide bonds. The molecule has 3 rings (SSSR count). The predicted octanol–water partition coefficient (Wildman–Crippen LogP) is 2.23. The smallest absolute Gasteiger partial charge is 0.175 e. The summed E-state index contributed by atoms with van der Waals surface area (Å²) in [5.41, 5.74) is 1.65. The van der Waals surface area contributed by atoms with Crippen molar-refractivity contribution < 1.29 is 17.6 Å². The van der Waals surface area contributed by atoms with Gasteiger partial charge in [0.15, 0.2) is 9.84 Å². The first-order valence-electron chi connectivity index (χ1n) is 5.81. The van der Waals surface area contributed by atoms with Gasteiger partial charge in [-0.3, -0.25) is 0 Å². The monoisotopic (exact) mass is 279 g/mol. The first kappa shape index (κ1) is 12.1. The third kappa shape index (κ3) is 2.31. The number of anilines is 1. The number of nitrogens with one attached hydrogen (secondary N) is 1. The summed E-state index contributed by atoms with van der Waals surface area (Å²) in [7, 11) is -3.20. The van der Waals surface area contributed by atoms with E-state index in [9.17, 15) is 8.42 Å². The van der Waals surface area contributed by atoms with Crippen molar-refractivity contribution in [2.75, 3.05) is 18.1 Å². The lowest BCUT2D eigenvalue weighted by Gasteiger charge is -2.27. The molecule has 0 saturated heterocycles. The van der Waals surface area contributed by atoms with Crippen LogP contribution in [-0.4, -0.2) is 21.2 Å². The van der Waals surface area contributed by atoms with Crippen LogP contribution in [0.2, 0.25) is 0 Å². The van der Waals surface area contributed by atoms with Crippen molar-refractivity contribution in [2.24, 2.45) is 0 Å². The van der Waals surface area contributed by atoms with Gasteiger partial charge in [0.1, 0.15) is 11.9 Å². The van der Waals surface area contributed by atoms with Crippen molar-refractivity contribution in [2.45, 2.75) is 11.0 Å². The van der Waals surface area contributed by atoms with Crippen molar-refractivity contribution in [3.8, 4) is 5.75 Å². The molecule has 5 nitrogen and oxygen atoms in total. The number of ether oxygens (including phenoxy) is 1. The van der Waals surface area contributed by atoms with Gasteiger partial charge in [-0.2, -0.15) is 0 Å². The Kier molecular flexibility index (Phi) is 2.74. The highest BCUT2D eigenvalue weighted by atomic mass is 32.2. The van der Waals surface area contributed by atoms with E-state index in [1.54, 1.807) is 30.7 Å². The summed E-state index contributed by atoms with van der Waals surface area (Å²) in [5.74, 6) is 0.643. The Morgan fingerprint density at radius 1 is 1.32 bits per heavy atom. The van der Waals surface area contributed by atoms with Crippen LogP contribution in [0.15, 0.2) is 46.1 Å². The van der Waals surface area contributed by atoms with Gasteiger partial charge in [0, 0.05) is 11.8 Å². The molecule has 0 saturated carbocycles. The van der Waals surface area contributed by atoms with Gasteiger partial charge in [0.05, 0.1) is 29.7 Å². The lowest BCUT2D eigenvalue weighted by molar-refractivity contribution is 0.209. The average molecular weight is 279 g/mol. The van der Waals surface area contributed by atoms with E-state index >= 15 is 0 Å². The van der Waals surface area contributed by atoms with Gasteiger partial charge >= 0.3 is 0 Å². The molecular weight excluding hydrogens is 266 g/mol. The molecule has 100 valence electrons. The highest BCUT2D eigenvalue weighted by Crippen LogP contribution is 2.35. The van der Waals surface area contributed by atoms with Gasteiger partial charge in [0.25, 0.3) is 0 Å². The maximum Gasteiger partial charge on any atom is 0.175 e. The number of hydrogen-bond acceptors (Lipinski definition) is 5. The van der Waals surface area contributed by atoms with Gasteiger partial charge in [-0.05, 0) is 24.3 Å². The van der Waals surface area contributed by atoms with Crippen molar-refractivity contribution in [1.82, 2.24) is 0 Å². The molecule has 1 unspecified atom stereocenters. The Labute approximate surface area is 111 Å². The van der Waals surface area contributed by atoms with E-state index < -0.39 is 9.84 Å². The summed E-state index contributed by atoms with van der Waals surface area (Å²) in [6.07, 6.45) is 4.30. The Hall–Kier alpha value is -1.95. The van der Waals surface area contributed by atoms with Crippen LogP contribution in [0.1, 0.15) is 11.7 Å². The van der Waals surface area contributed by atoms with E-state index in [2.05, 4.69) is 5.32 Å². The summed E-state index contributed by atoms with van der Waals surface area (Å²) in [4.78, 5) is 0.282. The van der Waals surface area contributed by atoms with Crippen LogP contribution in [0, 0.1) is 0 Å². The second kappa shape index (κ2) is 4.31. The SMILES string of the molecule is CS(=O)(=O)c1ccc2c(c1)NCC(c1ccoc1)O2. The van der Waals surface area contributed by atoms with Crippen LogP contribution in [-0.2, 0) is 9.84 Å². The van der Waals surface area contributed by atoms with Crippen LogP contribution < -0.4 is 10.1 Å². The quantitative estimate of drug-likeness (QED) is 0.913. The maximum absolute atomic E-state index is 11.5. The van der Waals surface area contributed by atoms with Gasteiger partial charge in [-0.1, -0.05) is 0 Å². The predicted molar refractivity (Wildman–Crippen MR) is 70.1 cm³/mol. The molecule has 1 aromatic heterocycles. The van der Waals surface area contributed by atoms with Crippen LogP contribution in [0.3, 0.4) is 0 Å². The van der Waals surface area contributed by atoms with Crippen molar-refractivity contribution in [1.29, 1.82) is 0 Å². The van der Waals surface area contributed by atoms with Crippen molar-refractivity contribution >= 4 is 15.5 Å². The van der Waals surface area contributed by atoms with Gasteiger partial charge in [-0.15, -0.1) is 0 Å². The minimum Gasteiger partial charge on any atom is -0.482 e. The molecule has 2 heterocycles. The third-order valence-electron chi connectivity index (χ3n) is 3.04. The molecule has 1 aliphatic heterocycles. The molecule has 2 aromatic rings. The maximum atomic E-state index is 11.5. The second-order valence-electron chi connectivity index (χ2n) is 4.47. The lowest BCUT2D eigenvalue weighted by atomic mass is 10.1. The average Bonchev–Trinajstić information content (AvgIpc) is 2.90. The normalized spacial score (nSPS) is 18.3. The fourth-order valence-corrected chi connectivity index (χ4v) is 2.67. The lowest BCUT2D eigenvalue weighted by Crippen LogP contribution is -2.23. The first-order chi connectivity index (χ1) is 9.04. The Morgan fingerprint density at radius 3 is 2.84 bits per heavy atom. The van der Waals surface area contributed by atoms with Crippen LogP contribution >= 0.6 is 0 Å². The zero-order chi connectivity index (χ0) is 13.5. The largest absolute Gasteiger partial charge is 0.482 e. The molecule has 1 aliphatic rings. The van der Waals surface area contributed by atoms with Crippen LogP contribution in [0.25, 0.3) is 0 Å². The van der Waals surface area contributed by atoms with Crippen LogP contribution in [0.4, 0.5) is 5.69 Å². The fourth-order valence-electron chi connectivity index (χ4n) is 2.02. The zero-order valence-corrected chi connectivity index (χ0v) is 11.1. The summed E-state index contributed by atoms with van der Waals surface area (Å²) in [6, 6.07) is 6.66. The van der Waals surface area contributed by atoms with Gasteiger partial charge < -0.3 is 14.5 Å². The van der Waals surface area contributed by atoms with E-state index in [1.807, 2.05) is 6.07 Å². The second-order valence-corrected chi connectivity index (χ2v) is 6.49. The molecular formula is C13H13NO4S. The Morgan fingerprint density at radius 2 is 2.16 bits per heavy atom. The third-order valence-corrected chi connectivity index (χ3v) is 4.15. The number of sulfone groups is 1. The molecule has 1 aromatic carbocycles. The molecule has 0 bridgehead atoms. The first-order valence-corrected chi connectivity index (χ1v) is 7.70. The summed E-state index contributed by atoms with van der Waals surface area (Å²) < 4.78 is 33.8. The number of fused-ring (bicyclic) bond motifs is 1. The van der Waals surface area contributed by atoms with E-state index in [0.29, 0.717) is 18.0 Å². The van der Waals surface area contributed by atoms with E-state index in [0.717, 1.165) is 5.56 Å². The van der Waals surface area contributed by atoms with Gasteiger partial charge in [-0.25, -0.2) is 8.42 Å². The molecule has 0 fully saturated rings. The van der Waals surface area contributed by atoms with E-state index in [4.69, 9.17) is 9.15 Å². The van der Waals surface area contributed by atoms with Crippen molar-refractivity contribution in [3.05, 3.63) is 42.4 Å². The van der Waals surface area contributed by atoms with Crippen molar-refractivity contribution in [3.63, 3.8) is 0 Å². The molecule has 0 spiro atoms. The topological polar surface area (TPSA) is 68.5 Å². The molecule has 19 heavy (non-hydrogen) atoms. The standard InChI is InChI=1S/C13H13NO4S/c1-19(15,16)10-2-3-12-11(6-10)14-7-13(18-12)9-4-5-17-8-9/h2-6,8,13-14H,7H2,1H3. The number of rotatable bonds is 2. The minimum absolute atomic E-state index is 0.129. The van der Waals surface area contributed by atoms with Gasteiger partial charge in [0.2, 0.25) is 0 Å². The molecule has 1 N–H and O–H groups in total. The summed E-state index contributed by atoms with van der Waals surface area (Å²) in [5, 5.41) is 3.18. The number of benzene rings is 1. The summed E-state index contributed by atoms with van der Waals surface area (Å²) >= 11 is 0. The molecule has 0 aliphatic carbocycles. The molecule has 6 heteroatoms. The number of hydrogen-bond donors (Lipinski definition) is 1. The highest BCUT2D eigenvalue weighted by Gasteiger charge is 2.22. The highest BCUT2D eigenvalue weighted by molar-refractivity contribution is 7.90. The Balaban J connectivity index is 1.91. The number of furan rings is 1. The van der Waals surface area contributed by atoms with E-state index in [-0.39, 0.29) is 11.0 Å². The molecule has 1 atom stereocenters. The minimum atomic E-state index is -3.20. The van der Waals surface area contributed by atoms with E-state index in [1.165, 1.54) is 6.26 Å². The summed E-state index contributed by atoms with van der Waals surface area (Å²) in [6.45, 7) is 0.569. The zero-order valence-electron chi connectivity index (χ0n) is 10.3. The Bertz CT molecular complexity index is 691. The fraction of sp³-hybridized carbons (Fsp3) is 0.231.